The molecular formula is C10H11ClN2OS. The van der Waals surface area contributed by atoms with Crippen LogP contribution in [0.1, 0.15) is 17.9 Å². The molecule has 0 aromatic carbocycles. The van der Waals surface area contributed by atoms with Crippen LogP contribution in [0.15, 0.2) is 15.9 Å². The van der Waals surface area contributed by atoms with Gasteiger partial charge < -0.3 is 4.42 Å². The Kier molecular flexibility index (Phi) is 3.38. The van der Waals surface area contributed by atoms with Gasteiger partial charge in [-0.1, -0.05) is 0 Å². The zero-order chi connectivity index (χ0) is 10.7. The molecule has 0 radical (unpaired) electrons. The largest absolute Gasteiger partial charge is 0.420 e. The van der Waals surface area contributed by atoms with Crippen LogP contribution in [-0.4, -0.2) is 16.1 Å². The average molecular weight is 243 g/mol. The van der Waals surface area contributed by atoms with Crippen LogP contribution < -0.4 is 0 Å². The van der Waals surface area contributed by atoms with Gasteiger partial charge in [0, 0.05) is 12.3 Å². The van der Waals surface area contributed by atoms with Crippen molar-refractivity contribution in [3.05, 3.63) is 22.9 Å². The fourth-order valence-corrected chi connectivity index (χ4v) is 2.24. The molecule has 0 unspecified atom stereocenters. The lowest BCUT2D eigenvalue weighted by molar-refractivity contribution is 0.503. The second kappa shape index (κ2) is 4.77. The quantitative estimate of drug-likeness (QED) is 0.773. The normalized spacial score (nSPS) is 10.8. The molecule has 0 bridgehead atoms. The van der Waals surface area contributed by atoms with E-state index in [0.717, 1.165) is 17.7 Å². The minimum Gasteiger partial charge on any atom is -0.420 e. The van der Waals surface area contributed by atoms with Gasteiger partial charge in [-0.3, -0.25) is 0 Å². The third kappa shape index (κ3) is 2.38. The molecule has 0 aliphatic rings. The fraction of sp³-hybridized carbons (Fsp3) is 0.400. The van der Waals surface area contributed by atoms with Gasteiger partial charge in [-0.15, -0.1) is 33.1 Å². The van der Waals surface area contributed by atoms with E-state index >= 15 is 0 Å². The summed E-state index contributed by atoms with van der Waals surface area (Å²) in [7, 11) is 0. The molecule has 0 saturated carbocycles. The highest BCUT2D eigenvalue weighted by atomic mass is 35.5. The zero-order valence-corrected chi connectivity index (χ0v) is 9.94. The van der Waals surface area contributed by atoms with Gasteiger partial charge in [0.15, 0.2) is 0 Å². The Hall–Kier alpha value is -0.870. The number of hydrogen-bond donors (Lipinski definition) is 0. The first-order valence-electron chi connectivity index (χ1n) is 4.74. The van der Waals surface area contributed by atoms with E-state index in [-0.39, 0.29) is 0 Å². The van der Waals surface area contributed by atoms with E-state index in [0.29, 0.717) is 17.7 Å². The Morgan fingerprint density at radius 2 is 2.33 bits per heavy atom. The monoisotopic (exact) mass is 242 g/mol. The van der Waals surface area contributed by atoms with Gasteiger partial charge in [-0.25, -0.2) is 0 Å². The minimum absolute atomic E-state index is 0.618. The van der Waals surface area contributed by atoms with E-state index in [2.05, 4.69) is 10.2 Å². The van der Waals surface area contributed by atoms with Crippen LogP contribution >= 0.6 is 22.9 Å². The topological polar surface area (TPSA) is 38.9 Å². The average Bonchev–Trinajstić information content (AvgIpc) is 2.83. The highest BCUT2D eigenvalue weighted by Crippen LogP contribution is 2.27. The van der Waals surface area contributed by atoms with E-state index in [9.17, 15) is 0 Å². The van der Waals surface area contributed by atoms with Crippen molar-refractivity contribution in [1.29, 1.82) is 0 Å². The molecular weight excluding hydrogens is 232 g/mol. The van der Waals surface area contributed by atoms with E-state index in [1.807, 2.05) is 18.4 Å². The molecule has 5 heteroatoms. The minimum atomic E-state index is 0.618. The molecule has 2 aromatic heterocycles. The van der Waals surface area contributed by atoms with Crippen LogP contribution in [-0.2, 0) is 6.42 Å². The highest BCUT2D eigenvalue weighted by molar-refractivity contribution is 7.13. The number of nitrogens with zero attached hydrogens (tertiary/aromatic N) is 2. The predicted molar refractivity (Wildman–Crippen MR) is 61.4 cm³/mol. The molecule has 2 aromatic rings. The van der Waals surface area contributed by atoms with Crippen molar-refractivity contribution in [3.8, 4) is 10.8 Å². The Labute approximate surface area is 97.1 Å². The number of hydrogen-bond acceptors (Lipinski definition) is 4. The third-order valence-electron chi connectivity index (χ3n) is 2.05. The summed E-state index contributed by atoms with van der Waals surface area (Å²) in [5, 5.41) is 10.0. The van der Waals surface area contributed by atoms with E-state index in [4.69, 9.17) is 16.0 Å². The molecule has 0 fully saturated rings. The molecule has 3 nitrogen and oxygen atoms in total. The summed E-state index contributed by atoms with van der Waals surface area (Å²) >= 11 is 7.21. The second-order valence-corrected chi connectivity index (χ2v) is 4.52. The van der Waals surface area contributed by atoms with Gasteiger partial charge >= 0.3 is 0 Å². The van der Waals surface area contributed by atoms with Gasteiger partial charge in [-0.05, 0) is 30.4 Å². The van der Waals surface area contributed by atoms with E-state index in [1.165, 1.54) is 5.56 Å². The maximum absolute atomic E-state index is 5.60. The first kappa shape index (κ1) is 10.6. The van der Waals surface area contributed by atoms with Crippen molar-refractivity contribution in [2.45, 2.75) is 19.8 Å². The van der Waals surface area contributed by atoms with Gasteiger partial charge in [0.05, 0.1) is 4.88 Å². The summed E-state index contributed by atoms with van der Waals surface area (Å²) < 4.78 is 5.54. The highest BCUT2D eigenvalue weighted by Gasteiger charge is 2.11. The maximum atomic E-state index is 5.60. The Morgan fingerprint density at radius 3 is 3.00 bits per heavy atom. The molecule has 0 amide bonds. The summed E-state index contributed by atoms with van der Waals surface area (Å²) in [6, 6.07) is 2.04. The van der Waals surface area contributed by atoms with Crippen molar-refractivity contribution in [3.63, 3.8) is 0 Å². The lowest BCUT2D eigenvalue weighted by atomic mass is 10.3. The van der Waals surface area contributed by atoms with Crippen molar-refractivity contribution >= 4 is 22.9 Å². The van der Waals surface area contributed by atoms with E-state index in [1.54, 1.807) is 11.3 Å². The first-order valence-corrected chi connectivity index (χ1v) is 6.15. The number of alkyl halides is 1. The summed E-state index contributed by atoms with van der Waals surface area (Å²) in [5.41, 5.74) is 1.17. The van der Waals surface area contributed by atoms with E-state index < -0.39 is 0 Å². The van der Waals surface area contributed by atoms with Crippen LogP contribution in [0.5, 0.6) is 0 Å². The van der Waals surface area contributed by atoms with Gasteiger partial charge in [0.2, 0.25) is 5.89 Å². The summed E-state index contributed by atoms with van der Waals surface area (Å²) in [4.78, 5) is 1.06. The number of thiophene rings is 1. The smallest absolute Gasteiger partial charge is 0.257 e. The molecule has 80 valence electrons. The molecule has 2 heterocycles. The maximum Gasteiger partial charge on any atom is 0.257 e. The number of halogens is 1. The Morgan fingerprint density at radius 1 is 1.47 bits per heavy atom. The fourth-order valence-electron chi connectivity index (χ4n) is 1.26. The lowest BCUT2D eigenvalue weighted by Crippen LogP contribution is -1.85. The summed E-state index contributed by atoms with van der Waals surface area (Å²) in [6.07, 6.45) is 1.62. The first-order chi connectivity index (χ1) is 7.31. The molecule has 0 saturated heterocycles. The van der Waals surface area contributed by atoms with Crippen LogP contribution in [0, 0.1) is 6.92 Å². The molecule has 0 aliphatic carbocycles. The second-order valence-electron chi connectivity index (χ2n) is 3.23. The lowest BCUT2D eigenvalue weighted by Gasteiger charge is -1.91. The van der Waals surface area contributed by atoms with Gasteiger partial charge in [-0.2, -0.15) is 0 Å². The van der Waals surface area contributed by atoms with Crippen molar-refractivity contribution < 1.29 is 4.42 Å². The zero-order valence-electron chi connectivity index (χ0n) is 8.36. The summed E-state index contributed by atoms with van der Waals surface area (Å²) in [6.45, 7) is 2.04. The van der Waals surface area contributed by atoms with Crippen LogP contribution in [0.4, 0.5) is 0 Å². The third-order valence-corrected chi connectivity index (χ3v) is 3.32. The SMILES string of the molecule is Cc1ccsc1-c1nnc(CCCCl)o1. The number of rotatable bonds is 4. The summed E-state index contributed by atoms with van der Waals surface area (Å²) in [5.74, 6) is 1.90. The molecule has 0 N–H and O–H groups in total. The Bertz CT molecular complexity index is 438. The van der Waals surface area contributed by atoms with Gasteiger partial charge in [0.25, 0.3) is 5.89 Å². The molecule has 0 spiro atoms. The van der Waals surface area contributed by atoms with Crippen LogP contribution in [0.25, 0.3) is 10.8 Å². The molecule has 2 rings (SSSR count). The standard InChI is InChI=1S/C10H11ClN2OS/c1-7-4-6-15-9(7)10-13-12-8(14-10)3-2-5-11/h4,6H,2-3,5H2,1H3. The van der Waals surface area contributed by atoms with Crippen LogP contribution in [0.3, 0.4) is 0 Å². The molecule has 15 heavy (non-hydrogen) atoms. The van der Waals surface area contributed by atoms with Crippen molar-refractivity contribution in [2.75, 3.05) is 5.88 Å². The van der Waals surface area contributed by atoms with Crippen molar-refractivity contribution in [1.82, 2.24) is 10.2 Å². The van der Waals surface area contributed by atoms with Gasteiger partial charge in [0.1, 0.15) is 0 Å². The molecule has 0 atom stereocenters. The number of aryl methyl sites for hydroxylation is 2. The van der Waals surface area contributed by atoms with Crippen LogP contribution in [0.2, 0.25) is 0 Å². The van der Waals surface area contributed by atoms with Crippen molar-refractivity contribution in [2.24, 2.45) is 0 Å². The molecule has 0 aliphatic heterocycles. The Balaban J connectivity index is 2.17. The predicted octanol–water partition coefficient (Wildman–Crippen LogP) is 3.28. The number of aromatic nitrogens is 2.